The molecule has 0 amide bonds. The van der Waals surface area contributed by atoms with Crippen LogP contribution in [0.3, 0.4) is 0 Å². The van der Waals surface area contributed by atoms with Crippen LogP contribution in [0.2, 0.25) is 0 Å². The minimum atomic E-state index is -1.52. The molecule has 0 aliphatic heterocycles. The Labute approximate surface area is 93.1 Å². The van der Waals surface area contributed by atoms with Gasteiger partial charge in [0.15, 0.2) is 0 Å². The number of halogens is 2. The third kappa shape index (κ3) is 35.0. The number of rotatable bonds is 2. The molecule has 0 aliphatic carbocycles. The van der Waals surface area contributed by atoms with Crippen LogP contribution in [0.5, 0.6) is 0 Å². The van der Waals surface area contributed by atoms with Gasteiger partial charge in [0.2, 0.25) is 0 Å². The summed E-state index contributed by atoms with van der Waals surface area (Å²) in [5.74, 6) is -3.03. The smallest absolute Gasteiger partial charge is 0.545 e. The normalized spacial score (nSPS) is 8.77. The molecule has 0 saturated heterocycles. The molecule has 0 aromatic heterocycles. The van der Waals surface area contributed by atoms with Gasteiger partial charge in [-0.2, -0.15) is 0 Å². The van der Waals surface area contributed by atoms with E-state index >= 15 is 0 Å². The van der Waals surface area contributed by atoms with Crippen LogP contribution in [0.25, 0.3) is 0 Å². The average molecular weight is 379 g/mol. The number of carbonyl (C=O) groups is 2. The minimum Gasteiger partial charge on any atom is -0.545 e. The Balaban J connectivity index is -0.000000143. The number of hydrogen-bond donors (Lipinski definition) is 0. The summed E-state index contributed by atoms with van der Waals surface area (Å²) in [4.78, 5) is 18.3. The Morgan fingerprint density at radius 1 is 0.923 bits per heavy atom. The summed E-state index contributed by atoms with van der Waals surface area (Å²) in [6, 6.07) is 0. The molecule has 0 unspecified atom stereocenters. The van der Waals surface area contributed by atoms with Gasteiger partial charge in [-0.05, 0) is 12.2 Å². The van der Waals surface area contributed by atoms with Crippen LogP contribution in [0.15, 0.2) is 24.8 Å². The van der Waals surface area contributed by atoms with Crippen molar-refractivity contribution in [2.45, 2.75) is 0 Å². The zero-order valence-electron chi connectivity index (χ0n) is 6.41. The van der Waals surface area contributed by atoms with Crippen LogP contribution >= 0.6 is 0 Å². The first-order valence-corrected chi connectivity index (χ1v) is 2.50. The molecule has 0 atom stereocenters. The fraction of sp³-hybridized carbons (Fsp3) is 0. The van der Waals surface area contributed by atoms with Gasteiger partial charge in [-0.1, -0.05) is 0 Å². The Morgan fingerprint density at radius 2 is 1.15 bits per heavy atom. The van der Waals surface area contributed by atoms with Crippen molar-refractivity contribution in [2.75, 3.05) is 0 Å². The molecule has 0 saturated carbocycles. The second-order valence-electron chi connectivity index (χ2n) is 1.22. The number of aliphatic carboxylic acids is 2. The molecule has 0 aromatic rings. The molecule has 0 spiro atoms. The number of carboxylic acid groups (broad SMARTS) is 2. The van der Waals surface area contributed by atoms with Gasteiger partial charge in [0.25, 0.3) is 0 Å². The van der Waals surface area contributed by atoms with Crippen molar-refractivity contribution >= 4 is 11.9 Å². The Kier molecular flexibility index (Phi) is 19.2. The summed E-state index contributed by atoms with van der Waals surface area (Å²) in [6.45, 7) is 0. The van der Waals surface area contributed by atoms with Gasteiger partial charge in [-0.25, -0.2) is 8.78 Å². The van der Waals surface area contributed by atoms with Crippen LogP contribution in [0.1, 0.15) is 0 Å². The minimum absolute atomic E-state index is 0. The topological polar surface area (TPSA) is 80.3 Å². The third-order valence-corrected chi connectivity index (χ3v) is 0.398. The summed E-state index contributed by atoms with van der Waals surface area (Å²) in [5.41, 5.74) is 0. The SMILES string of the molecule is O=C([O-])C=CF.O=C([O-])C=CF.[Hg+2]. The first kappa shape index (κ1) is 18.1. The van der Waals surface area contributed by atoms with Crippen LogP contribution in [0, 0.1) is 0 Å². The standard InChI is InChI=1S/2C3H3FO2.Hg/c2*4-2-1-3(5)6;/h2*1-2H,(H,5,6);/q;;+2/p-2. The van der Waals surface area contributed by atoms with E-state index in [9.17, 15) is 8.78 Å². The van der Waals surface area contributed by atoms with Crippen LogP contribution in [-0.2, 0) is 37.3 Å². The van der Waals surface area contributed by atoms with E-state index in [1.165, 1.54) is 0 Å². The summed E-state index contributed by atoms with van der Waals surface area (Å²) >= 11 is 0. The molecule has 0 bridgehead atoms. The number of carbonyl (C=O) groups excluding carboxylic acids is 2. The van der Waals surface area contributed by atoms with Gasteiger partial charge in [0, 0.05) is 0 Å². The summed E-state index contributed by atoms with van der Waals surface area (Å²) in [5, 5.41) is 18.3. The van der Waals surface area contributed by atoms with Gasteiger partial charge in [-0.3, -0.25) is 0 Å². The molecule has 0 rings (SSSR count). The molecule has 13 heavy (non-hydrogen) atoms. The molecule has 0 aliphatic rings. The van der Waals surface area contributed by atoms with Gasteiger partial charge in [0.1, 0.15) is 0 Å². The van der Waals surface area contributed by atoms with E-state index in [1.54, 1.807) is 0 Å². The van der Waals surface area contributed by atoms with E-state index in [2.05, 4.69) is 0 Å². The molecular formula is C6H4F2HgO4. The molecule has 7 heteroatoms. The van der Waals surface area contributed by atoms with Crippen LogP contribution in [0.4, 0.5) is 8.78 Å². The largest absolute Gasteiger partial charge is 2.00 e. The monoisotopic (exact) mass is 380 g/mol. The summed E-state index contributed by atoms with van der Waals surface area (Å²) in [7, 11) is 0. The van der Waals surface area contributed by atoms with E-state index < -0.39 is 11.9 Å². The van der Waals surface area contributed by atoms with Gasteiger partial charge >= 0.3 is 27.7 Å². The first-order valence-electron chi connectivity index (χ1n) is 2.50. The van der Waals surface area contributed by atoms with E-state index in [0.29, 0.717) is 12.2 Å². The van der Waals surface area contributed by atoms with Crippen molar-refractivity contribution in [1.29, 1.82) is 0 Å². The Bertz CT molecular complexity index is 181. The Morgan fingerprint density at radius 3 is 1.15 bits per heavy atom. The zero-order chi connectivity index (χ0) is 9.98. The fourth-order valence-corrected chi connectivity index (χ4v) is 0.103. The van der Waals surface area contributed by atoms with E-state index in [-0.39, 0.29) is 40.3 Å². The number of carboxylic acids is 2. The average Bonchev–Trinajstić information content (AvgIpc) is 1.87. The molecule has 0 radical (unpaired) electrons. The predicted molar refractivity (Wildman–Crippen MR) is 30.5 cm³/mol. The maximum Gasteiger partial charge on any atom is 2.00 e. The number of hydrogen-bond acceptors (Lipinski definition) is 4. The molecule has 4 nitrogen and oxygen atoms in total. The maximum absolute atomic E-state index is 10.6. The van der Waals surface area contributed by atoms with E-state index in [1.807, 2.05) is 0 Å². The van der Waals surface area contributed by atoms with E-state index in [4.69, 9.17) is 19.8 Å². The molecule has 0 N–H and O–H groups in total. The van der Waals surface area contributed by atoms with Crippen molar-refractivity contribution in [2.24, 2.45) is 0 Å². The Hall–Kier alpha value is -0.785. The van der Waals surface area contributed by atoms with Crippen molar-refractivity contribution in [3.63, 3.8) is 0 Å². The molecule has 0 fully saturated rings. The third-order valence-electron chi connectivity index (χ3n) is 0.398. The van der Waals surface area contributed by atoms with Crippen molar-refractivity contribution in [3.05, 3.63) is 24.8 Å². The molecule has 68 valence electrons. The van der Waals surface area contributed by atoms with Gasteiger partial charge in [-0.15, -0.1) is 0 Å². The predicted octanol–water partition coefficient (Wildman–Crippen LogP) is -1.56. The maximum atomic E-state index is 10.6. The summed E-state index contributed by atoms with van der Waals surface area (Å²) < 4.78 is 21.3. The van der Waals surface area contributed by atoms with Gasteiger partial charge in [0.05, 0.1) is 24.6 Å². The fourth-order valence-electron chi connectivity index (χ4n) is 0.103. The van der Waals surface area contributed by atoms with Crippen LogP contribution < -0.4 is 10.2 Å². The second kappa shape index (κ2) is 13.8. The van der Waals surface area contributed by atoms with Crippen LogP contribution in [-0.4, -0.2) is 11.9 Å². The second-order valence-corrected chi connectivity index (χ2v) is 1.22. The van der Waals surface area contributed by atoms with Gasteiger partial charge < -0.3 is 19.8 Å². The van der Waals surface area contributed by atoms with Crippen molar-refractivity contribution in [3.8, 4) is 0 Å². The zero-order valence-corrected chi connectivity index (χ0v) is 11.9. The molecule has 0 heterocycles. The van der Waals surface area contributed by atoms with Crippen molar-refractivity contribution < 1.29 is 56.3 Å². The van der Waals surface area contributed by atoms with Crippen molar-refractivity contribution in [1.82, 2.24) is 0 Å². The molecule has 0 aromatic carbocycles. The quantitative estimate of drug-likeness (QED) is 0.430. The van der Waals surface area contributed by atoms with E-state index in [0.717, 1.165) is 0 Å². The first-order chi connectivity index (χ1) is 5.54. The molecular weight excluding hydrogens is 375 g/mol. The summed E-state index contributed by atoms with van der Waals surface area (Å²) in [6.07, 6.45) is 0.435.